The van der Waals surface area contributed by atoms with E-state index in [9.17, 15) is 4.79 Å². The van der Waals surface area contributed by atoms with Gasteiger partial charge in [0, 0.05) is 24.2 Å². The highest BCUT2D eigenvalue weighted by Crippen LogP contribution is 2.23. The fourth-order valence-electron chi connectivity index (χ4n) is 2.12. The Hall–Kier alpha value is -1.99. The molecule has 0 atom stereocenters. The average molecular weight is 348 g/mol. The van der Waals surface area contributed by atoms with Crippen molar-refractivity contribution in [1.82, 2.24) is 19.8 Å². The number of likely N-dealkylation sites (N-methyl/N-ethyl adjacent to an activating group) is 1. The van der Waals surface area contributed by atoms with E-state index in [0.29, 0.717) is 18.8 Å². The van der Waals surface area contributed by atoms with Gasteiger partial charge in [0.15, 0.2) is 0 Å². The fourth-order valence-corrected chi connectivity index (χ4v) is 2.96. The Morgan fingerprint density at radius 1 is 1.33 bits per heavy atom. The molecule has 0 aliphatic rings. The average Bonchev–Trinajstić information content (AvgIpc) is 3.09. The van der Waals surface area contributed by atoms with Crippen molar-refractivity contribution in [3.8, 4) is 5.75 Å². The third-order valence-corrected chi connectivity index (χ3v) is 4.47. The summed E-state index contributed by atoms with van der Waals surface area (Å²) in [6.07, 6.45) is 3.39. The molecule has 2 rings (SSSR count). The lowest BCUT2D eigenvalue weighted by molar-refractivity contribution is -0.129. The summed E-state index contributed by atoms with van der Waals surface area (Å²) >= 11 is 1.52. The van der Waals surface area contributed by atoms with E-state index in [2.05, 4.69) is 14.9 Å². The molecule has 0 radical (unpaired) electrons. The first kappa shape index (κ1) is 18.4. The van der Waals surface area contributed by atoms with Gasteiger partial charge in [-0.15, -0.1) is 11.8 Å². The molecule has 0 saturated heterocycles. The maximum Gasteiger partial charge on any atom is 0.233 e. The van der Waals surface area contributed by atoms with E-state index < -0.39 is 0 Å². The van der Waals surface area contributed by atoms with E-state index >= 15 is 0 Å². The van der Waals surface area contributed by atoms with Crippen LogP contribution in [0, 0.1) is 0 Å². The minimum absolute atomic E-state index is 0.110. The van der Waals surface area contributed by atoms with E-state index in [4.69, 9.17) is 4.74 Å². The van der Waals surface area contributed by atoms with Crippen LogP contribution in [0.3, 0.4) is 0 Å². The van der Waals surface area contributed by atoms with Crippen LogP contribution in [0.4, 0.5) is 0 Å². The van der Waals surface area contributed by atoms with Gasteiger partial charge < -0.3 is 19.5 Å². The van der Waals surface area contributed by atoms with Gasteiger partial charge in [-0.3, -0.25) is 4.79 Å². The highest BCUT2D eigenvalue weighted by molar-refractivity contribution is 8.00. The van der Waals surface area contributed by atoms with Crippen LogP contribution in [0.2, 0.25) is 0 Å². The molecule has 2 aromatic rings. The summed E-state index contributed by atoms with van der Waals surface area (Å²) in [6, 6.07) is 7.75. The number of thioether (sulfide) groups is 1. The molecule has 1 aromatic heterocycles. The lowest BCUT2D eigenvalue weighted by Gasteiger charge is -2.23. The maximum absolute atomic E-state index is 12.6. The molecule has 0 bridgehead atoms. The van der Waals surface area contributed by atoms with Crippen molar-refractivity contribution in [3.63, 3.8) is 0 Å². The number of methoxy groups -OCH3 is 1. The third kappa shape index (κ3) is 5.90. The number of carbonyl (C=O) groups is 1. The number of ether oxygens (including phenoxy) is 1. The molecule has 1 N–H and O–H groups in total. The summed E-state index contributed by atoms with van der Waals surface area (Å²) < 4.78 is 5.22. The molecule has 6 nitrogen and oxygen atoms in total. The first-order valence-electron chi connectivity index (χ1n) is 7.75. The number of benzene rings is 1. The second kappa shape index (κ2) is 9.34. The fraction of sp³-hybridized carbons (Fsp3) is 0.412. The van der Waals surface area contributed by atoms with Gasteiger partial charge in [-0.2, -0.15) is 0 Å². The summed E-state index contributed by atoms with van der Waals surface area (Å²) in [5.41, 5.74) is 0.938. The van der Waals surface area contributed by atoms with E-state index in [-0.39, 0.29) is 5.91 Å². The second-order valence-electron chi connectivity index (χ2n) is 5.66. The van der Waals surface area contributed by atoms with Crippen LogP contribution in [-0.4, -0.2) is 65.7 Å². The van der Waals surface area contributed by atoms with Crippen LogP contribution in [-0.2, 0) is 11.3 Å². The number of rotatable bonds is 9. The quantitative estimate of drug-likeness (QED) is 0.703. The van der Waals surface area contributed by atoms with Crippen LogP contribution >= 0.6 is 11.8 Å². The first-order chi connectivity index (χ1) is 11.6. The van der Waals surface area contributed by atoms with Crippen LogP contribution in [0.15, 0.2) is 41.7 Å². The zero-order chi connectivity index (χ0) is 17.4. The van der Waals surface area contributed by atoms with Gasteiger partial charge in [-0.05, 0) is 32.3 Å². The number of aromatic amines is 1. The predicted octanol–water partition coefficient (Wildman–Crippen LogP) is 2.10. The molecule has 130 valence electrons. The summed E-state index contributed by atoms with van der Waals surface area (Å²) in [7, 11) is 5.65. The number of amides is 1. The van der Waals surface area contributed by atoms with Crippen LogP contribution in [0.5, 0.6) is 5.75 Å². The number of hydrogen-bond donors (Lipinski definition) is 1. The van der Waals surface area contributed by atoms with Gasteiger partial charge in [0.25, 0.3) is 0 Å². The van der Waals surface area contributed by atoms with Gasteiger partial charge in [0.05, 0.1) is 31.4 Å². The number of aromatic nitrogens is 2. The van der Waals surface area contributed by atoms with Gasteiger partial charge in [0.1, 0.15) is 5.75 Å². The Labute approximate surface area is 147 Å². The van der Waals surface area contributed by atoms with Crippen molar-refractivity contribution in [1.29, 1.82) is 0 Å². The van der Waals surface area contributed by atoms with Crippen molar-refractivity contribution in [2.45, 2.75) is 11.4 Å². The number of hydrogen-bond acceptors (Lipinski definition) is 5. The molecule has 0 aliphatic carbocycles. The molecule has 1 aromatic carbocycles. The molecule has 24 heavy (non-hydrogen) atoms. The van der Waals surface area contributed by atoms with Crippen molar-refractivity contribution in [2.75, 3.05) is 40.0 Å². The minimum Gasteiger partial charge on any atom is -0.497 e. The van der Waals surface area contributed by atoms with Gasteiger partial charge >= 0.3 is 0 Å². The zero-order valence-corrected chi connectivity index (χ0v) is 15.2. The number of nitrogens with one attached hydrogen (secondary N) is 1. The normalized spacial score (nSPS) is 10.8. The van der Waals surface area contributed by atoms with Gasteiger partial charge in [-0.25, -0.2) is 4.98 Å². The number of carbonyl (C=O) groups excluding carboxylic acids is 1. The minimum atomic E-state index is 0.110. The van der Waals surface area contributed by atoms with Crippen LogP contribution < -0.4 is 4.74 Å². The highest BCUT2D eigenvalue weighted by atomic mass is 32.2. The maximum atomic E-state index is 12.6. The smallest absolute Gasteiger partial charge is 0.233 e. The Bertz CT molecular complexity index is 631. The van der Waals surface area contributed by atoms with Crippen molar-refractivity contribution < 1.29 is 9.53 Å². The topological polar surface area (TPSA) is 61.5 Å². The lowest BCUT2D eigenvalue weighted by atomic mass is 10.3. The van der Waals surface area contributed by atoms with E-state index in [1.54, 1.807) is 19.6 Å². The van der Waals surface area contributed by atoms with Crippen molar-refractivity contribution in [2.24, 2.45) is 0 Å². The molecule has 0 saturated carbocycles. The Kier molecular flexibility index (Phi) is 7.14. The molecule has 7 heteroatoms. The highest BCUT2D eigenvalue weighted by Gasteiger charge is 2.15. The largest absolute Gasteiger partial charge is 0.497 e. The van der Waals surface area contributed by atoms with Crippen molar-refractivity contribution in [3.05, 3.63) is 42.5 Å². The molecule has 0 spiro atoms. The monoisotopic (exact) mass is 348 g/mol. The summed E-state index contributed by atoms with van der Waals surface area (Å²) in [5, 5.41) is 0. The molecule has 0 aliphatic heterocycles. The molecule has 0 unspecified atom stereocenters. The van der Waals surface area contributed by atoms with Crippen LogP contribution in [0.25, 0.3) is 0 Å². The predicted molar refractivity (Wildman–Crippen MR) is 96.3 cm³/mol. The number of nitrogens with zero attached hydrogens (tertiary/aromatic N) is 3. The lowest BCUT2D eigenvalue weighted by Crippen LogP contribution is -2.37. The number of H-pyrrole nitrogens is 1. The zero-order valence-electron chi connectivity index (χ0n) is 14.4. The van der Waals surface area contributed by atoms with E-state index in [0.717, 1.165) is 22.9 Å². The molecule has 1 heterocycles. The summed E-state index contributed by atoms with van der Waals surface area (Å²) in [4.78, 5) is 24.7. The van der Waals surface area contributed by atoms with E-state index in [1.807, 2.05) is 43.3 Å². The Morgan fingerprint density at radius 3 is 2.83 bits per heavy atom. The Morgan fingerprint density at radius 2 is 2.17 bits per heavy atom. The summed E-state index contributed by atoms with van der Waals surface area (Å²) in [6.45, 7) is 2.05. The number of imidazole rings is 1. The van der Waals surface area contributed by atoms with Gasteiger partial charge in [0.2, 0.25) is 5.91 Å². The van der Waals surface area contributed by atoms with Gasteiger partial charge in [-0.1, -0.05) is 6.07 Å². The third-order valence-electron chi connectivity index (χ3n) is 3.49. The van der Waals surface area contributed by atoms with Crippen molar-refractivity contribution >= 4 is 17.7 Å². The Balaban J connectivity index is 1.95. The molecular weight excluding hydrogens is 324 g/mol. The first-order valence-corrected chi connectivity index (χ1v) is 8.73. The standard InChI is InChI=1S/C17H24N4O2S/c1-20(2)7-8-21(11-14-10-18-13-19-14)17(22)12-24-16-6-4-5-15(9-16)23-3/h4-6,9-10,13H,7-8,11-12H2,1-3H3,(H,18,19). The second-order valence-corrected chi connectivity index (χ2v) is 6.71. The SMILES string of the molecule is COc1cccc(SCC(=O)N(CCN(C)C)Cc2cnc[nH]2)c1. The molecule has 0 fully saturated rings. The summed E-state index contributed by atoms with van der Waals surface area (Å²) in [5.74, 6) is 1.31. The van der Waals surface area contributed by atoms with E-state index in [1.165, 1.54) is 11.8 Å². The van der Waals surface area contributed by atoms with Crippen LogP contribution in [0.1, 0.15) is 5.69 Å². The molecular formula is C17H24N4O2S. The molecule has 1 amide bonds.